The Balaban J connectivity index is 1.51. The van der Waals surface area contributed by atoms with Gasteiger partial charge in [-0.2, -0.15) is 5.10 Å². The van der Waals surface area contributed by atoms with Crippen LogP contribution in [0.2, 0.25) is 0 Å². The minimum atomic E-state index is -0.0953. The van der Waals surface area contributed by atoms with Crippen LogP contribution in [-0.4, -0.2) is 61.6 Å². The minimum absolute atomic E-state index is 0.0953. The van der Waals surface area contributed by atoms with Gasteiger partial charge in [-0.15, -0.1) is 0 Å². The number of hydrogen-bond donors (Lipinski definition) is 3. The van der Waals surface area contributed by atoms with Crippen LogP contribution in [0.5, 0.6) is 0 Å². The number of aromatic nitrogens is 6. The zero-order chi connectivity index (χ0) is 21.4. The van der Waals surface area contributed by atoms with Gasteiger partial charge in [0.05, 0.1) is 24.1 Å². The molecule has 0 radical (unpaired) electrons. The molecule has 0 aromatic carbocycles. The molecule has 9 heteroatoms. The van der Waals surface area contributed by atoms with Crippen LogP contribution >= 0.6 is 0 Å². The molecule has 0 saturated carbocycles. The summed E-state index contributed by atoms with van der Waals surface area (Å²) in [7, 11) is 3.70. The fourth-order valence-corrected chi connectivity index (χ4v) is 3.51. The Labute approximate surface area is 177 Å². The van der Waals surface area contributed by atoms with Crippen LogP contribution in [0, 0.1) is 0 Å². The predicted octanol–water partition coefficient (Wildman–Crippen LogP) is 3.06. The topological polar surface area (TPSA) is 115 Å². The summed E-state index contributed by atoms with van der Waals surface area (Å²) in [5, 5.41) is 12.2. The van der Waals surface area contributed by atoms with Crippen molar-refractivity contribution >= 4 is 33.7 Å². The maximum absolute atomic E-state index is 12.1. The predicted molar refractivity (Wildman–Crippen MR) is 119 cm³/mol. The number of nitrogens with one attached hydrogen (secondary N) is 3. The number of amides is 1. The zero-order valence-corrected chi connectivity index (χ0v) is 17.0. The summed E-state index contributed by atoms with van der Waals surface area (Å²) in [6, 6.07) is 9.83. The highest BCUT2D eigenvalue weighted by atomic mass is 16.2. The van der Waals surface area contributed by atoms with E-state index < -0.39 is 0 Å². The summed E-state index contributed by atoms with van der Waals surface area (Å²) in [6.07, 6.45) is 6.89. The Kier molecular flexibility index (Phi) is 4.64. The van der Waals surface area contributed by atoms with E-state index in [0.717, 1.165) is 38.9 Å². The Morgan fingerprint density at radius 1 is 1.06 bits per heavy atom. The van der Waals surface area contributed by atoms with Gasteiger partial charge in [0.25, 0.3) is 0 Å². The molecule has 5 heterocycles. The average Bonchev–Trinajstić information content (AvgIpc) is 3.36. The van der Waals surface area contributed by atoms with E-state index in [1.54, 1.807) is 24.8 Å². The van der Waals surface area contributed by atoms with Crippen LogP contribution in [0.1, 0.15) is 0 Å². The standard InChI is InChI=1S/C22H20N8O/c1-30(2)12-19(31)26-16-6-14(9-23-11-16)15-7-17-20(28-29-22(17)25-10-15)18-8-13-4-3-5-24-21(13)27-18/h3-11H,12H2,1-2H3,(H,24,27)(H,26,31)(H,25,28,29). The van der Waals surface area contributed by atoms with Crippen molar-refractivity contribution in [2.75, 3.05) is 26.0 Å². The van der Waals surface area contributed by atoms with Gasteiger partial charge in [-0.25, -0.2) is 9.97 Å². The second kappa shape index (κ2) is 7.62. The fraction of sp³-hybridized carbons (Fsp3) is 0.136. The number of carbonyl (C=O) groups excluding carboxylic acids is 1. The number of hydrogen-bond acceptors (Lipinski definition) is 6. The van der Waals surface area contributed by atoms with Gasteiger partial charge in [0.2, 0.25) is 5.91 Å². The molecule has 5 rings (SSSR count). The fourth-order valence-electron chi connectivity index (χ4n) is 3.51. The van der Waals surface area contributed by atoms with Gasteiger partial charge >= 0.3 is 0 Å². The van der Waals surface area contributed by atoms with Crippen LogP contribution in [0.3, 0.4) is 0 Å². The van der Waals surface area contributed by atoms with Gasteiger partial charge in [-0.1, -0.05) is 0 Å². The molecule has 5 aromatic heterocycles. The normalized spacial score (nSPS) is 11.5. The van der Waals surface area contributed by atoms with Crippen molar-refractivity contribution in [3.8, 4) is 22.5 Å². The number of anilines is 1. The van der Waals surface area contributed by atoms with Crippen molar-refractivity contribution in [2.24, 2.45) is 0 Å². The molecule has 154 valence electrons. The lowest BCUT2D eigenvalue weighted by Gasteiger charge is -2.10. The summed E-state index contributed by atoms with van der Waals surface area (Å²) < 4.78 is 0. The molecule has 0 aliphatic carbocycles. The van der Waals surface area contributed by atoms with Crippen LogP contribution in [-0.2, 0) is 4.79 Å². The van der Waals surface area contributed by atoms with Gasteiger partial charge in [0, 0.05) is 40.5 Å². The molecule has 0 aliphatic rings. The quantitative estimate of drug-likeness (QED) is 0.409. The third-order valence-corrected chi connectivity index (χ3v) is 4.88. The number of carbonyl (C=O) groups is 1. The van der Waals surface area contributed by atoms with Gasteiger partial charge in [-0.3, -0.25) is 14.9 Å². The smallest absolute Gasteiger partial charge is 0.238 e. The Bertz CT molecular complexity index is 1370. The summed E-state index contributed by atoms with van der Waals surface area (Å²) >= 11 is 0. The van der Waals surface area contributed by atoms with Gasteiger partial charge in [-0.05, 0) is 44.4 Å². The molecule has 0 bridgehead atoms. The number of fused-ring (bicyclic) bond motifs is 2. The summed E-state index contributed by atoms with van der Waals surface area (Å²) in [5.41, 5.74) is 5.49. The molecule has 0 spiro atoms. The second-order valence-electron chi connectivity index (χ2n) is 7.56. The maximum atomic E-state index is 12.1. The highest BCUT2D eigenvalue weighted by Crippen LogP contribution is 2.30. The van der Waals surface area contributed by atoms with E-state index in [4.69, 9.17) is 0 Å². The lowest BCUT2D eigenvalue weighted by Crippen LogP contribution is -2.27. The van der Waals surface area contributed by atoms with Crippen LogP contribution in [0.15, 0.2) is 55.1 Å². The molecule has 3 N–H and O–H groups in total. The monoisotopic (exact) mass is 412 g/mol. The van der Waals surface area contributed by atoms with E-state index in [2.05, 4.69) is 35.5 Å². The highest BCUT2D eigenvalue weighted by Gasteiger charge is 2.14. The molecule has 0 saturated heterocycles. The third kappa shape index (κ3) is 3.74. The van der Waals surface area contributed by atoms with Crippen LogP contribution < -0.4 is 5.32 Å². The molecular weight excluding hydrogens is 392 g/mol. The van der Waals surface area contributed by atoms with Crippen LogP contribution in [0.25, 0.3) is 44.6 Å². The van der Waals surface area contributed by atoms with Gasteiger partial charge in [0.15, 0.2) is 5.65 Å². The zero-order valence-electron chi connectivity index (χ0n) is 17.0. The first-order valence-corrected chi connectivity index (χ1v) is 9.75. The van der Waals surface area contributed by atoms with Crippen molar-refractivity contribution in [2.45, 2.75) is 0 Å². The Hall–Kier alpha value is -4.11. The van der Waals surface area contributed by atoms with E-state index in [0.29, 0.717) is 17.9 Å². The molecule has 0 fully saturated rings. The van der Waals surface area contributed by atoms with Gasteiger partial charge in [0.1, 0.15) is 11.3 Å². The summed E-state index contributed by atoms with van der Waals surface area (Å²) in [6.45, 7) is 0.301. The number of aromatic amines is 2. The largest absolute Gasteiger partial charge is 0.338 e. The summed E-state index contributed by atoms with van der Waals surface area (Å²) in [5.74, 6) is -0.0953. The minimum Gasteiger partial charge on any atom is -0.338 e. The SMILES string of the molecule is CN(C)CC(=O)Nc1cncc(-c2cnc3[nH]nc(-c4cc5cccnc5[nH]4)c3c2)c1. The number of likely N-dealkylation sites (N-methyl/N-ethyl adjacent to an activating group) is 1. The van der Waals surface area contributed by atoms with E-state index in [1.165, 1.54) is 0 Å². The first-order chi connectivity index (χ1) is 15.1. The van der Waals surface area contributed by atoms with Crippen molar-refractivity contribution in [1.82, 2.24) is 35.0 Å². The maximum Gasteiger partial charge on any atom is 0.238 e. The lowest BCUT2D eigenvalue weighted by atomic mass is 10.1. The lowest BCUT2D eigenvalue weighted by molar-refractivity contribution is -0.116. The van der Waals surface area contributed by atoms with E-state index >= 15 is 0 Å². The molecule has 0 aliphatic heterocycles. The molecule has 9 nitrogen and oxygen atoms in total. The second-order valence-corrected chi connectivity index (χ2v) is 7.56. The number of nitrogens with zero attached hydrogens (tertiary/aromatic N) is 5. The first kappa shape index (κ1) is 18.9. The molecule has 5 aromatic rings. The molecule has 0 unspecified atom stereocenters. The Morgan fingerprint density at radius 2 is 1.94 bits per heavy atom. The molecule has 31 heavy (non-hydrogen) atoms. The first-order valence-electron chi connectivity index (χ1n) is 9.75. The van der Waals surface area contributed by atoms with E-state index in [1.807, 2.05) is 49.3 Å². The van der Waals surface area contributed by atoms with Crippen molar-refractivity contribution in [3.05, 3.63) is 55.1 Å². The van der Waals surface area contributed by atoms with Gasteiger partial charge < -0.3 is 15.2 Å². The Morgan fingerprint density at radius 3 is 2.77 bits per heavy atom. The molecule has 1 amide bonds. The van der Waals surface area contributed by atoms with Crippen molar-refractivity contribution in [3.63, 3.8) is 0 Å². The average molecular weight is 412 g/mol. The summed E-state index contributed by atoms with van der Waals surface area (Å²) in [4.78, 5) is 30.3. The molecular formula is C22H20N8O. The van der Waals surface area contributed by atoms with Crippen molar-refractivity contribution < 1.29 is 4.79 Å². The molecule has 0 atom stereocenters. The number of rotatable bonds is 5. The number of pyridine rings is 3. The van der Waals surface area contributed by atoms with E-state index in [9.17, 15) is 4.79 Å². The third-order valence-electron chi connectivity index (χ3n) is 4.88. The highest BCUT2D eigenvalue weighted by molar-refractivity contribution is 5.96. The van der Waals surface area contributed by atoms with Crippen LogP contribution in [0.4, 0.5) is 5.69 Å². The van der Waals surface area contributed by atoms with E-state index in [-0.39, 0.29) is 5.91 Å². The van der Waals surface area contributed by atoms with Crippen molar-refractivity contribution in [1.29, 1.82) is 0 Å². The number of H-pyrrole nitrogens is 2.